The van der Waals surface area contributed by atoms with E-state index in [1.807, 2.05) is 12.2 Å². The number of cyclic esters (lactones) is 2. The van der Waals surface area contributed by atoms with Crippen molar-refractivity contribution in [3.05, 3.63) is 12.2 Å². The fraction of sp³-hybridized carbons (Fsp3) is 0.714. The van der Waals surface area contributed by atoms with Gasteiger partial charge in [0.15, 0.2) is 0 Å². The van der Waals surface area contributed by atoms with Gasteiger partial charge in [0, 0.05) is 0 Å². The second-order valence-electron chi connectivity index (χ2n) is 5.06. The molecule has 0 aromatic rings. The SMILES string of the molecule is CC(C)CCCCCC=CC1CC(=O)OC1=O. The number of rotatable bonds is 7. The summed E-state index contributed by atoms with van der Waals surface area (Å²) in [7, 11) is 0. The zero-order valence-electron chi connectivity index (χ0n) is 10.8. The maximum absolute atomic E-state index is 11.1. The van der Waals surface area contributed by atoms with Crippen molar-refractivity contribution in [1.82, 2.24) is 0 Å². The lowest BCUT2D eigenvalue weighted by molar-refractivity contribution is -0.152. The highest BCUT2D eigenvalue weighted by Crippen LogP contribution is 2.17. The van der Waals surface area contributed by atoms with Crippen LogP contribution in [0.5, 0.6) is 0 Å². The van der Waals surface area contributed by atoms with Gasteiger partial charge in [-0.05, 0) is 18.8 Å². The molecule has 1 atom stereocenters. The zero-order valence-corrected chi connectivity index (χ0v) is 10.8. The van der Waals surface area contributed by atoms with E-state index in [0.717, 1.165) is 18.8 Å². The van der Waals surface area contributed by atoms with Crippen molar-refractivity contribution < 1.29 is 14.3 Å². The fourth-order valence-corrected chi connectivity index (χ4v) is 1.89. The molecular formula is C14H22O3. The van der Waals surface area contributed by atoms with Crippen LogP contribution in [0.2, 0.25) is 0 Å². The predicted octanol–water partition coefficient (Wildman–Crippen LogP) is 3.24. The number of unbranched alkanes of at least 4 members (excludes halogenated alkanes) is 3. The monoisotopic (exact) mass is 238 g/mol. The van der Waals surface area contributed by atoms with Gasteiger partial charge in [0.1, 0.15) is 0 Å². The second kappa shape index (κ2) is 7.25. The number of hydrogen-bond donors (Lipinski definition) is 0. The molecule has 3 nitrogen and oxygen atoms in total. The van der Waals surface area contributed by atoms with E-state index in [1.54, 1.807) is 0 Å². The molecule has 1 rings (SSSR count). The third-order valence-corrected chi connectivity index (χ3v) is 2.92. The Morgan fingerprint density at radius 2 is 2.06 bits per heavy atom. The van der Waals surface area contributed by atoms with E-state index in [4.69, 9.17) is 0 Å². The largest absolute Gasteiger partial charge is 0.393 e. The highest BCUT2D eigenvalue weighted by Gasteiger charge is 2.30. The van der Waals surface area contributed by atoms with Crippen LogP contribution in [0.15, 0.2) is 12.2 Å². The van der Waals surface area contributed by atoms with Crippen LogP contribution in [0.3, 0.4) is 0 Å². The van der Waals surface area contributed by atoms with Crippen molar-refractivity contribution in [2.24, 2.45) is 11.8 Å². The second-order valence-corrected chi connectivity index (χ2v) is 5.06. The topological polar surface area (TPSA) is 43.4 Å². The third-order valence-electron chi connectivity index (χ3n) is 2.92. The average Bonchev–Trinajstić information content (AvgIpc) is 2.55. The normalized spacial score (nSPS) is 20.5. The molecule has 3 heteroatoms. The molecule has 0 bridgehead atoms. The highest BCUT2D eigenvalue weighted by atomic mass is 16.6. The molecule has 17 heavy (non-hydrogen) atoms. The van der Waals surface area contributed by atoms with Crippen LogP contribution in [0.25, 0.3) is 0 Å². The quantitative estimate of drug-likeness (QED) is 0.296. The molecule has 0 saturated carbocycles. The van der Waals surface area contributed by atoms with Gasteiger partial charge in [-0.25, -0.2) is 0 Å². The fourth-order valence-electron chi connectivity index (χ4n) is 1.89. The first-order chi connectivity index (χ1) is 8.09. The van der Waals surface area contributed by atoms with Crippen LogP contribution in [0.1, 0.15) is 52.4 Å². The van der Waals surface area contributed by atoms with Crippen LogP contribution in [-0.4, -0.2) is 11.9 Å². The van der Waals surface area contributed by atoms with E-state index in [1.165, 1.54) is 19.3 Å². The summed E-state index contributed by atoms with van der Waals surface area (Å²) in [5.74, 6) is -0.351. The van der Waals surface area contributed by atoms with E-state index < -0.39 is 11.9 Å². The molecule has 0 aliphatic carbocycles. The number of esters is 2. The molecule has 0 aromatic carbocycles. The first kappa shape index (κ1) is 13.9. The maximum Gasteiger partial charge on any atom is 0.321 e. The number of allylic oxidation sites excluding steroid dienone is 1. The summed E-state index contributed by atoms with van der Waals surface area (Å²) >= 11 is 0. The van der Waals surface area contributed by atoms with Crippen molar-refractivity contribution in [3.63, 3.8) is 0 Å². The van der Waals surface area contributed by atoms with Crippen molar-refractivity contribution in [1.29, 1.82) is 0 Å². The molecule has 0 N–H and O–H groups in total. The van der Waals surface area contributed by atoms with E-state index in [2.05, 4.69) is 18.6 Å². The van der Waals surface area contributed by atoms with Gasteiger partial charge in [-0.2, -0.15) is 0 Å². The first-order valence-electron chi connectivity index (χ1n) is 6.50. The smallest absolute Gasteiger partial charge is 0.321 e. The lowest BCUT2D eigenvalue weighted by Gasteiger charge is -2.02. The summed E-state index contributed by atoms with van der Waals surface area (Å²) in [6.07, 6.45) is 9.95. The van der Waals surface area contributed by atoms with E-state index in [-0.39, 0.29) is 12.3 Å². The highest BCUT2D eigenvalue weighted by molar-refractivity contribution is 5.95. The van der Waals surface area contributed by atoms with Gasteiger partial charge in [0.05, 0.1) is 12.3 Å². The number of ether oxygens (including phenoxy) is 1. The molecule has 0 spiro atoms. The Morgan fingerprint density at radius 3 is 2.65 bits per heavy atom. The summed E-state index contributed by atoms with van der Waals surface area (Å²) in [4.78, 5) is 22.0. The minimum atomic E-state index is -0.401. The van der Waals surface area contributed by atoms with Crippen LogP contribution >= 0.6 is 0 Å². The number of hydrogen-bond acceptors (Lipinski definition) is 3. The molecule has 96 valence electrons. The Bertz CT molecular complexity index is 292. The van der Waals surface area contributed by atoms with Gasteiger partial charge in [-0.1, -0.05) is 45.3 Å². The third kappa shape index (κ3) is 5.66. The summed E-state index contributed by atoms with van der Waals surface area (Å²) in [5, 5.41) is 0. The molecule has 0 aromatic heterocycles. The Labute approximate surface area is 103 Å². The molecular weight excluding hydrogens is 216 g/mol. The van der Waals surface area contributed by atoms with Gasteiger partial charge in [0.2, 0.25) is 0 Å². The molecule has 1 heterocycles. The van der Waals surface area contributed by atoms with Crippen LogP contribution in [0, 0.1) is 11.8 Å². The van der Waals surface area contributed by atoms with Crippen molar-refractivity contribution in [2.75, 3.05) is 0 Å². The Morgan fingerprint density at radius 1 is 1.29 bits per heavy atom. The van der Waals surface area contributed by atoms with Gasteiger partial charge in [0.25, 0.3) is 0 Å². The minimum Gasteiger partial charge on any atom is -0.393 e. The van der Waals surface area contributed by atoms with Gasteiger partial charge < -0.3 is 4.74 Å². The standard InChI is InChI=1S/C14H22O3/c1-11(2)8-6-4-3-5-7-9-12-10-13(15)17-14(12)16/h7,9,11-12H,3-6,8,10H2,1-2H3. The maximum atomic E-state index is 11.1. The van der Waals surface area contributed by atoms with E-state index in [9.17, 15) is 9.59 Å². The zero-order chi connectivity index (χ0) is 12.7. The van der Waals surface area contributed by atoms with Crippen molar-refractivity contribution in [3.8, 4) is 0 Å². The summed E-state index contributed by atoms with van der Waals surface area (Å²) in [5.41, 5.74) is 0. The summed E-state index contributed by atoms with van der Waals surface area (Å²) in [6.45, 7) is 4.48. The number of carbonyl (C=O) groups excluding carboxylic acids is 2. The first-order valence-corrected chi connectivity index (χ1v) is 6.50. The molecule has 1 saturated heterocycles. The average molecular weight is 238 g/mol. The van der Waals surface area contributed by atoms with Crippen LogP contribution < -0.4 is 0 Å². The molecule has 0 radical (unpaired) electrons. The van der Waals surface area contributed by atoms with E-state index >= 15 is 0 Å². The van der Waals surface area contributed by atoms with Crippen LogP contribution in [-0.2, 0) is 14.3 Å². The molecule has 1 fully saturated rings. The Hall–Kier alpha value is -1.12. The summed E-state index contributed by atoms with van der Waals surface area (Å²) in [6, 6.07) is 0. The lowest BCUT2D eigenvalue weighted by atomic mass is 10.0. The predicted molar refractivity (Wildman–Crippen MR) is 66.3 cm³/mol. The Balaban J connectivity index is 2.06. The molecule has 1 unspecified atom stereocenters. The molecule has 1 aliphatic heterocycles. The van der Waals surface area contributed by atoms with Gasteiger partial charge in [-0.15, -0.1) is 0 Å². The van der Waals surface area contributed by atoms with Crippen molar-refractivity contribution >= 4 is 11.9 Å². The van der Waals surface area contributed by atoms with Crippen LogP contribution in [0.4, 0.5) is 0 Å². The molecule has 0 amide bonds. The minimum absolute atomic E-state index is 0.211. The van der Waals surface area contributed by atoms with Gasteiger partial charge >= 0.3 is 11.9 Å². The van der Waals surface area contributed by atoms with Gasteiger partial charge in [-0.3, -0.25) is 9.59 Å². The number of carbonyl (C=O) groups is 2. The lowest BCUT2D eigenvalue weighted by Crippen LogP contribution is -2.03. The van der Waals surface area contributed by atoms with E-state index in [0.29, 0.717) is 0 Å². The summed E-state index contributed by atoms with van der Waals surface area (Å²) < 4.78 is 4.47. The Kier molecular flexibility index (Phi) is 5.95. The van der Waals surface area contributed by atoms with Crippen molar-refractivity contribution in [2.45, 2.75) is 52.4 Å². The molecule has 1 aliphatic rings.